The topological polar surface area (TPSA) is 55.4 Å². The molecule has 0 spiro atoms. The maximum absolute atomic E-state index is 11.5. The van der Waals surface area contributed by atoms with Crippen LogP contribution in [0.5, 0.6) is 0 Å². The van der Waals surface area contributed by atoms with Gasteiger partial charge in [0.25, 0.3) is 0 Å². The summed E-state index contributed by atoms with van der Waals surface area (Å²) in [5.74, 6) is 0.0256. The van der Waals surface area contributed by atoms with E-state index in [1.165, 1.54) is 0 Å². The van der Waals surface area contributed by atoms with E-state index in [4.69, 9.17) is 4.74 Å². The van der Waals surface area contributed by atoms with Crippen LogP contribution in [0.25, 0.3) is 0 Å². The molecule has 0 aliphatic rings. The Morgan fingerprint density at radius 3 is 2.40 bits per heavy atom. The Morgan fingerprint density at radius 1 is 1.33 bits per heavy atom. The van der Waals surface area contributed by atoms with Crippen molar-refractivity contribution in [2.45, 2.75) is 39.3 Å². The highest BCUT2D eigenvalue weighted by Crippen LogP contribution is 1.98. The van der Waals surface area contributed by atoms with E-state index in [1.807, 2.05) is 20.8 Å². The number of hydrogen-bond donors (Lipinski definition) is 1. The maximum atomic E-state index is 11.5. The van der Waals surface area contributed by atoms with Crippen LogP contribution in [0.1, 0.15) is 27.2 Å². The van der Waals surface area contributed by atoms with Gasteiger partial charge in [0.1, 0.15) is 0 Å². The molecule has 1 unspecified atom stereocenters. The van der Waals surface area contributed by atoms with E-state index in [2.05, 4.69) is 20.7 Å². The quantitative estimate of drug-likeness (QED) is 0.691. The lowest BCUT2D eigenvalue weighted by molar-refractivity contribution is 0.0911. The zero-order valence-electron chi connectivity index (χ0n) is 9.49. The number of alkyl halides is 1. The third kappa shape index (κ3) is 9.29. The average Bonchev–Trinajstić information content (AvgIpc) is 2.01. The highest BCUT2D eigenvalue weighted by molar-refractivity contribution is 9.09. The lowest BCUT2D eigenvalue weighted by Crippen LogP contribution is -2.36. The molecule has 0 amide bonds. The molecule has 0 aromatic rings. The first kappa shape index (κ1) is 15.3. The largest absolute Gasteiger partial charge is 0.378 e. The number of hydrogen-bond acceptors (Lipinski definition) is 3. The van der Waals surface area contributed by atoms with Gasteiger partial charge in [0.15, 0.2) is 0 Å². The van der Waals surface area contributed by atoms with Crippen molar-refractivity contribution in [3.8, 4) is 0 Å². The molecule has 1 atom stereocenters. The molecule has 0 rings (SSSR count). The third-order valence-electron chi connectivity index (χ3n) is 1.73. The number of sulfonamides is 1. The molecule has 0 saturated carbocycles. The molecule has 0 aromatic carbocycles. The lowest BCUT2D eigenvalue weighted by atomic mass is 10.3. The highest BCUT2D eigenvalue weighted by Gasteiger charge is 2.13. The van der Waals surface area contributed by atoms with Crippen LogP contribution in [-0.4, -0.2) is 38.3 Å². The highest BCUT2D eigenvalue weighted by atomic mass is 79.9. The van der Waals surface area contributed by atoms with Gasteiger partial charge in [0, 0.05) is 11.4 Å². The predicted octanol–water partition coefficient (Wildman–Crippen LogP) is 1.50. The van der Waals surface area contributed by atoms with Crippen molar-refractivity contribution >= 4 is 26.0 Å². The number of halogens is 1. The van der Waals surface area contributed by atoms with Crippen molar-refractivity contribution in [3.63, 3.8) is 0 Å². The second-order valence-electron chi connectivity index (χ2n) is 3.73. The van der Waals surface area contributed by atoms with E-state index in [0.29, 0.717) is 0 Å². The van der Waals surface area contributed by atoms with Crippen LogP contribution < -0.4 is 4.72 Å². The van der Waals surface area contributed by atoms with Gasteiger partial charge >= 0.3 is 0 Å². The fraction of sp³-hybridized carbons (Fsp3) is 1.00. The zero-order valence-corrected chi connectivity index (χ0v) is 11.9. The van der Waals surface area contributed by atoms with E-state index < -0.39 is 10.0 Å². The SMILES string of the molecule is CC(CCBr)NS(=O)(=O)CCOC(C)C. The molecule has 0 bridgehead atoms. The van der Waals surface area contributed by atoms with Gasteiger partial charge in [-0.1, -0.05) is 15.9 Å². The summed E-state index contributed by atoms with van der Waals surface area (Å²) in [6.45, 7) is 5.86. The summed E-state index contributed by atoms with van der Waals surface area (Å²) >= 11 is 3.27. The molecule has 0 heterocycles. The molecule has 4 nitrogen and oxygen atoms in total. The van der Waals surface area contributed by atoms with Gasteiger partial charge < -0.3 is 4.74 Å². The van der Waals surface area contributed by atoms with Crippen molar-refractivity contribution in [1.29, 1.82) is 0 Å². The molecule has 0 aliphatic carbocycles. The molecule has 6 heteroatoms. The molecule has 1 N–H and O–H groups in total. The second-order valence-corrected chi connectivity index (χ2v) is 6.40. The Bertz CT molecular complexity index is 254. The molecule has 0 aliphatic heterocycles. The Labute approximate surface area is 101 Å². The number of rotatable bonds is 8. The lowest BCUT2D eigenvalue weighted by Gasteiger charge is -2.13. The molecule has 92 valence electrons. The molecular weight excluding hydrogens is 282 g/mol. The Balaban J connectivity index is 3.87. The van der Waals surface area contributed by atoms with Gasteiger partial charge in [-0.15, -0.1) is 0 Å². The third-order valence-corrected chi connectivity index (χ3v) is 3.65. The van der Waals surface area contributed by atoms with Crippen molar-refractivity contribution in [1.82, 2.24) is 4.72 Å². The van der Waals surface area contributed by atoms with Crippen LogP contribution in [-0.2, 0) is 14.8 Å². The smallest absolute Gasteiger partial charge is 0.214 e. The van der Waals surface area contributed by atoms with Crippen molar-refractivity contribution < 1.29 is 13.2 Å². The normalized spacial score (nSPS) is 14.5. The van der Waals surface area contributed by atoms with E-state index in [-0.39, 0.29) is 24.5 Å². The predicted molar refractivity (Wildman–Crippen MR) is 65.9 cm³/mol. The Morgan fingerprint density at radius 2 is 1.93 bits per heavy atom. The first-order chi connectivity index (χ1) is 6.87. The van der Waals surface area contributed by atoms with Crippen LogP contribution in [0.2, 0.25) is 0 Å². The minimum Gasteiger partial charge on any atom is -0.378 e. The first-order valence-corrected chi connectivity index (χ1v) is 7.82. The second kappa shape index (κ2) is 7.60. The molecule has 0 saturated heterocycles. The van der Waals surface area contributed by atoms with E-state index in [9.17, 15) is 8.42 Å². The molecular formula is C9H20BrNO3S. The van der Waals surface area contributed by atoms with Crippen molar-refractivity contribution in [2.75, 3.05) is 17.7 Å². The fourth-order valence-electron chi connectivity index (χ4n) is 0.982. The summed E-state index contributed by atoms with van der Waals surface area (Å²) in [6, 6.07) is -0.0339. The minimum absolute atomic E-state index is 0.0256. The Hall–Kier alpha value is 0.350. The fourth-order valence-corrected chi connectivity index (χ4v) is 2.83. The van der Waals surface area contributed by atoms with Gasteiger partial charge in [-0.25, -0.2) is 13.1 Å². The standard InChI is InChI=1S/C9H20BrNO3S/c1-8(2)14-6-7-15(12,13)11-9(3)4-5-10/h8-9,11H,4-7H2,1-3H3. The minimum atomic E-state index is -3.19. The summed E-state index contributed by atoms with van der Waals surface area (Å²) < 4.78 is 30.8. The van der Waals surface area contributed by atoms with Crippen LogP contribution in [0.4, 0.5) is 0 Å². The monoisotopic (exact) mass is 301 g/mol. The Kier molecular flexibility index (Phi) is 7.77. The van der Waals surface area contributed by atoms with E-state index in [0.717, 1.165) is 11.8 Å². The van der Waals surface area contributed by atoms with Crippen LogP contribution in [0.3, 0.4) is 0 Å². The van der Waals surface area contributed by atoms with Crippen molar-refractivity contribution in [3.05, 3.63) is 0 Å². The summed E-state index contributed by atoms with van der Waals surface area (Å²) in [7, 11) is -3.19. The molecule has 0 radical (unpaired) electrons. The van der Waals surface area contributed by atoms with Gasteiger partial charge in [0.05, 0.1) is 18.5 Å². The molecule has 15 heavy (non-hydrogen) atoms. The molecule has 0 fully saturated rings. The van der Waals surface area contributed by atoms with E-state index >= 15 is 0 Å². The molecule has 0 aromatic heterocycles. The first-order valence-electron chi connectivity index (χ1n) is 5.05. The van der Waals surface area contributed by atoms with Gasteiger partial charge in [-0.2, -0.15) is 0 Å². The van der Waals surface area contributed by atoms with E-state index in [1.54, 1.807) is 0 Å². The average molecular weight is 302 g/mol. The summed E-state index contributed by atoms with van der Waals surface area (Å²) in [5.41, 5.74) is 0. The summed E-state index contributed by atoms with van der Waals surface area (Å²) in [6.07, 6.45) is 0.852. The van der Waals surface area contributed by atoms with Crippen molar-refractivity contribution in [2.24, 2.45) is 0 Å². The van der Waals surface area contributed by atoms with Crippen LogP contribution in [0.15, 0.2) is 0 Å². The van der Waals surface area contributed by atoms with Gasteiger partial charge in [0.2, 0.25) is 10.0 Å². The summed E-state index contributed by atoms with van der Waals surface area (Å²) in [4.78, 5) is 0. The maximum Gasteiger partial charge on any atom is 0.214 e. The number of ether oxygens (including phenoxy) is 1. The number of nitrogens with one attached hydrogen (secondary N) is 1. The zero-order chi connectivity index (χ0) is 11.9. The summed E-state index contributed by atoms with van der Waals surface area (Å²) in [5, 5.41) is 0.791. The van der Waals surface area contributed by atoms with Gasteiger partial charge in [-0.3, -0.25) is 0 Å². The van der Waals surface area contributed by atoms with Crippen LogP contribution in [0, 0.1) is 0 Å². The van der Waals surface area contributed by atoms with Gasteiger partial charge in [-0.05, 0) is 27.2 Å². The van der Waals surface area contributed by atoms with Crippen LogP contribution >= 0.6 is 15.9 Å².